The molecular weight excluding hydrogens is 202 g/mol. The molecule has 4 nitrogen and oxygen atoms in total. The lowest BCUT2D eigenvalue weighted by Crippen LogP contribution is -2.29. The zero-order valence-electron chi connectivity index (χ0n) is 10.8. The van der Waals surface area contributed by atoms with Crippen molar-refractivity contribution in [3.8, 4) is 0 Å². The van der Waals surface area contributed by atoms with E-state index in [-0.39, 0.29) is 0 Å². The Balaban J connectivity index is 2.50. The van der Waals surface area contributed by atoms with Gasteiger partial charge in [0.25, 0.3) is 0 Å². The maximum Gasteiger partial charge on any atom is 0.151 e. The molecule has 1 aromatic rings. The van der Waals surface area contributed by atoms with Crippen LogP contribution in [0.2, 0.25) is 0 Å². The molecule has 0 saturated carbocycles. The lowest BCUT2D eigenvalue weighted by molar-refractivity contribution is 0.198. The van der Waals surface area contributed by atoms with Crippen molar-refractivity contribution in [3.05, 3.63) is 17.5 Å². The molecule has 0 radical (unpaired) electrons. The van der Waals surface area contributed by atoms with Gasteiger partial charge in [-0.15, -0.1) is 0 Å². The third-order valence-corrected chi connectivity index (χ3v) is 2.66. The summed E-state index contributed by atoms with van der Waals surface area (Å²) in [7, 11) is 0. The molecule has 4 heteroatoms. The molecule has 0 spiro atoms. The number of nitrogens with zero attached hydrogens (tertiary/aromatic N) is 2. The fraction of sp³-hybridized carbons (Fsp3) is 0.750. The smallest absolute Gasteiger partial charge is 0.151 e. The van der Waals surface area contributed by atoms with Crippen molar-refractivity contribution < 1.29 is 4.52 Å². The summed E-state index contributed by atoms with van der Waals surface area (Å²) in [5.74, 6) is 0.948. The third-order valence-electron chi connectivity index (χ3n) is 2.66. The van der Waals surface area contributed by atoms with Gasteiger partial charge in [0, 0.05) is 18.7 Å². The predicted molar refractivity (Wildman–Crippen MR) is 65.1 cm³/mol. The topological polar surface area (TPSA) is 41.3 Å². The van der Waals surface area contributed by atoms with Gasteiger partial charge in [-0.25, -0.2) is 0 Å². The van der Waals surface area contributed by atoms with Crippen LogP contribution in [0.3, 0.4) is 0 Å². The molecule has 0 saturated heterocycles. The first kappa shape index (κ1) is 13.2. The van der Waals surface area contributed by atoms with Gasteiger partial charge in [0.1, 0.15) is 0 Å². The molecule has 1 aromatic heterocycles. The minimum Gasteiger partial charge on any atom is -0.360 e. The van der Waals surface area contributed by atoms with Gasteiger partial charge in [-0.3, -0.25) is 4.90 Å². The van der Waals surface area contributed by atoms with E-state index in [2.05, 4.69) is 43.1 Å². The quantitative estimate of drug-likeness (QED) is 0.770. The van der Waals surface area contributed by atoms with Crippen molar-refractivity contribution in [2.45, 2.75) is 46.8 Å². The molecule has 1 rings (SSSR count). The van der Waals surface area contributed by atoms with Crippen molar-refractivity contribution in [1.82, 2.24) is 15.4 Å². The molecule has 0 atom stereocenters. The Bertz CT molecular complexity index is 296. The van der Waals surface area contributed by atoms with Crippen LogP contribution in [0, 0.1) is 0 Å². The molecular formula is C12H23N3O. The number of rotatable bonds is 7. The lowest BCUT2D eigenvalue weighted by atomic mass is 10.3. The van der Waals surface area contributed by atoms with Gasteiger partial charge in [0.05, 0.1) is 12.2 Å². The Labute approximate surface area is 98.0 Å². The monoisotopic (exact) mass is 225 g/mol. The maximum absolute atomic E-state index is 5.31. The van der Waals surface area contributed by atoms with E-state index in [1.165, 1.54) is 0 Å². The number of hydrogen-bond acceptors (Lipinski definition) is 4. The summed E-state index contributed by atoms with van der Waals surface area (Å²) in [6.45, 7) is 12.2. The molecule has 1 N–H and O–H groups in total. The summed E-state index contributed by atoms with van der Waals surface area (Å²) in [5, 5.41) is 7.27. The summed E-state index contributed by atoms with van der Waals surface area (Å²) in [6.07, 6.45) is 0. The zero-order chi connectivity index (χ0) is 12.0. The van der Waals surface area contributed by atoms with Crippen LogP contribution in [-0.2, 0) is 13.1 Å². The minimum absolute atomic E-state index is 0.535. The Morgan fingerprint density at radius 1 is 1.44 bits per heavy atom. The predicted octanol–water partition coefficient (Wildman–Crippen LogP) is 2.01. The van der Waals surface area contributed by atoms with Crippen LogP contribution in [-0.4, -0.2) is 29.2 Å². The van der Waals surface area contributed by atoms with Crippen LogP contribution in [0.15, 0.2) is 10.6 Å². The molecule has 0 aromatic carbocycles. The van der Waals surface area contributed by atoms with Crippen molar-refractivity contribution in [3.63, 3.8) is 0 Å². The summed E-state index contributed by atoms with van der Waals surface area (Å²) >= 11 is 0. The van der Waals surface area contributed by atoms with E-state index in [9.17, 15) is 0 Å². The highest BCUT2D eigenvalue weighted by atomic mass is 16.5. The van der Waals surface area contributed by atoms with Gasteiger partial charge >= 0.3 is 0 Å². The van der Waals surface area contributed by atoms with Crippen LogP contribution < -0.4 is 5.32 Å². The van der Waals surface area contributed by atoms with Gasteiger partial charge in [0.15, 0.2) is 5.76 Å². The van der Waals surface area contributed by atoms with Crippen LogP contribution in [0.25, 0.3) is 0 Å². The Morgan fingerprint density at radius 2 is 2.19 bits per heavy atom. The van der Waals surface area contributed by atoms with E-state index >= 15 is 0 Å². The van der Waals surface area contributed by atoms with E-state index in [4.69, 9.17) is 4.52 Å². The van der Waals surface area contributed by atoms with Crippen LogP contribution in [0.4, 0.5) is 0 Å². The van der Waals surface area contributed by atoms with Gasteiger partial charge < -0.3 is 9.84 Å². The average molecular weight is 225 g/mol. The second-order valence-corrected chi connectivity index (χ2v) is 4.22. The summed E-state index contributed by atoms with van der Waals surface area (Å²) < 4.78 is 5.31. The Hall–Kier alpha value is -0.870. The summed E-state index contributed by atoms with van der Waals surface area (Å²) in [5.41, 5.74) is 0.983. The van der Waals surface area contributed by atoms with Crippen molar-refractivity contribution in [1.29, 1.82) is 0 Å². The highest BCUT2D eigenvalue weighted by Crippen LogP contribution is 2.09. The van der Waals surface area contributed by atoms with Crippen molar-refractivity contribution >= 4 is 0 Å². The van der Waals surface area contributed by atoms with E-state index in [0.717, 1.165) is 37.6 Å². The molecule has 1 heterocycles. The first-order valence-corrected chi connectivity index (χ1v) is 6.06. The number of aromatic nitrogens is 1. The fourth-order valence-corrected chi connectivity index (χ4v) is 1.63. The van der Waals surface area contributed by atoms with Crippen LogP contribution in [0.5, 0.6) is 0 Å². The van der Waals surface area contributed by atoms with Crippen LogP contribution in [0.1, 0.15) is 39.1 Å². The summed E-state index contributed by atoms with van der Waals surface area (Å²) in [4.78, 5) is 2.34. The van der Waals surface area contributed by atoms with Crippen molar-refractivity contribution in [2.24, 2.45) is 0 Å². The van der Waals surface area contributed by atoms with Gasteiger partial charge in [-0.05, 0) is 26.9 Å². The summed E-state index contributed by atoms with van der Waals surface area (Å²) in [6, 6.07) is 2.57. The first-order valence-electron chi connectivity index (χ1n) is 6.06. The molecule has 0 aliphatic heterocycles. The van der Waals surface area contributed by atoms with Crippen LogP contribution >= 0.6 is 0 Å². The molecule has 0 unspecified atom stereocenters. The Morgan fingerprint density at radius 3 is 2.75 bits per heavy atom. The molecule has 0 fully saturated rings. The molecule has 16 heavy (non-hydrogen) atoms. The fourth-order valence-electron chi connectivity index (χ4n) is 1.63. The average Bonchev–Trinajstić information content (AvgIpc) is 2.70. The van der Waals surface area contributed by atoms with E-state index in [0.29, 0.717) is 6.04 Å². The molecule has 0 amide bonds. The van der Waals surface area contributed by atoms with E-state index < -0.39 is 0 Å². The molecule has 0 aliphatic rings. The SMILES string of the molecule is CCNCc1cc(CN(CC)C(C)C)on1. The molecule has 92 valence electrons. The highest BCUT2D eigenvalue weighted by molar-refractivity contribution is 5.05. The van der Waals surface area contributed by atoms with E-state index in [1.807, 2.05) is 6.07 Å². The Kier molecular flexibility index (Phi) is 5.49. The number of nitrogens with one attached hydrogen (secondary N) is 1. The number of hydrogen-bond donors (Lipinski definition) is 1. The lowest BCUT2D eigenvalue weighted by Gasteiger charge is -2.22. The normalized spacial score (nSPS) is 11.6. The standard InChI is InChI=1S/C12H23N3O/c1-5-13-8-11-7-12(16-14-11)9-15(6-2)10(3)4/h7,10,13H,5-6,8-9H2,1-4H3. The second-order valence-electron chi connectivity index (χ2n) is 4.22. The van der Waals surface area contributed by atoms with Gasteiger partial charge in [-0.1, -0.05) is 19.0 Å². The molecule has 0 bridgehead atoms. The maximum atomic E-state index is 5.31. The third kappa shape index (κ3) is 3.94. The van der Waals surface area contributed by atoms with Crippen molar-refractivity contribution in [2.75, 3.05) is 13.1 Å². The highest BCUT2D eigenvalue weighted by Gasteiger charge is 2.11. The van der Waals surface area contributed by atoms with Gasteiger partial charge in [-0.2, -0.15) is 0 Å². The minimum atomic E-state index is 0.535. The first-order chi connectivity index (χ1) is 7.67. The van der Waals surface area contributed by atoms with E-state index in [1.54, 1.807) is 0 Å². The largest absolute Gasteiger partial charge is 0.360 e. The second kappa shape index (κ2) is 6.66. The van der Waals surface area contributed by atoms with Gasteiger partial charge in [0.2, 0.25) is 0 Å². The zero-order valence-corrected chi connectivity index (χ0v) is 10.8. The molecule has 0 aliphatic carbocycles.